The summed E-state index contributed by atoms with van der Waals surface area (Å²) in [6.45, 7) is 6.24. The Hall–Kier alpha value is -1.59. The van der Waals surface area contributed by atoms with E-state index >= 15 is 0 Å². The van der Waals surface area contributed by atoms with Crippen LogP contribution in [0.2, 0.25) is 0 Å². The maximum Gasteiger partial charge on any atom is 0.147 e. The summed E-state index contributed by atoms with van der Waals surface area (Å²) in [7, 11) is 0. The number of benzene rings is 1. The summed E-state index contributed by atoms with van der Waals surface area (Å²) in [5, 5.41) is 1.00. The maximum absolute atomic E-state index is 5.56. The predicted octanol–water partition coefficient (Wildman–Crippen LogP) is 3.62. The van der Waals surface area contributed by atoms with Crippen molar-refractivity contribution < 1.29 is 0 Å². The van der Waals surface area contributed by atoms with Gasteiger partial charge in [0.25, 0.3) is 0 Å². The molecule has 0 fully saturated rings. The fourth-order valence-electron chi connectivity index (χ4n) is 2.11. The molecule has 0 aliphatic heterocycles. The van der Waals surface area contributed by atoms with Crippen LogP contribution in [0.25, 0.3) is 0 Å². The van der Waals surface area contributed by atoms with Crippen LogP contribution in [-0.2, 0) is 12.2 Å². The van der Waals surface area contributed by atoms with E-state index in [-0.39, 0.29) is 0 Å². The molecule has 0 saturated carbocycles. The van der Waals surface area contributed by atoms with Gasteiger partial charge in [0.1, 0.15) is 16.7 Å². The quantitative estimate of drug-likeness (QED) is 0.369. The zero-order chi connectivity index (χ0) is 15.2. The maximum atomic E-state index is 5.56. The highest BCUT2D eigenvalue weighted by molar-refractivity contribution is 7.98. The number of nitrogens with two attached hydrogens (primary N) is 1. The summed E-state index contributed by atoms with van der Waals surface area (Å²) in [5.74, 6) is 8.03. The molecule has 1 heterocycles. The minimum Gasteiger partial charge on any atom is -0.308 e. The average Bonchev–Trinajstić information content (AvgIpc) is 2.48. The number of hydrogen-bond donors (Lipinski definition) is 2. The Morgan fingerprint density at radius 1 is 1.24 bits per heavy atom. The Bertz CT molecular complexity index is 613. The molecule has 0 unspecified atom stereocenters. The lowest BCUT2D eigenvalue weighted by Crippen LogP contribution is -2.13. The highest BCUT2D eigenvalue weighted by Crippen LogP contribution is 2.28. The first-order valence-corrected chi connectivity index (χ1v) is 8.15. The topological polar surface area (TPSA) is 63.8 Å². The molecule has 0 saturated heterocycles. The largest absolute Gasteiger partial charge is 0.308 e. The number of nitrogens with zero attached hydrogens (tertiary/aromatic N) is 2. The standard InChI is InChI=1S/C16H22N4S/c1-4-6-14-18-15(20-17)12(3)16(19-14)21-10-13-8-5-7-11(2)9-13/h5,7-9H,4,6,10,17H2,1-3H3,(H,18,19,20). The third-order valence-corrected chi connectivity index (χ3v) is 4.36. The monoisotopic (exact) mass is 302 g/mol. The van der Waals surface area contributed by atoms with E-state index in [0.717, 1.165) is 40.8 Å². The van der Waals surface area contributed by atoms with Crippen LogP contribution in [0, 0.1) is 13.8 Å². The molecule has 3 N–H and O–H groups in total. The number of anilines is 1. The first-order chi connectivity index (χ1) is 10.1. The highest BCUT2D eigenvalue weighted by Gasteiger charge is 2.10. The lowest BCUT2D eigenvalue weighted by Gasteiger charge is -2.11. The molecule has 0 bridgehead atoms. The molecule has 5 heteroatoms. The fourth-order valence-corrected chi connectivity index (χ4v) is 3.08. The van der Waals surface area contributed by atoms with Gasteiger partial charge in [0.15, 0.2) is 0 Å². The number of hydrogen-bond acceptors (Lipinski definition) is 5. The Labute approximate surface area is 130 Å². The van der Waals surface area contributed by atoms with Gasteiger partial charge in [0, 0.05) is 17.7 Å². The Morgan fingerprint density at radius 3 is 2.71 bits per heavy atom. The van der Waals surface area contributed by atoms with Gasteiger partial charge in [-0.1, -0.05) is 36.8 Å². The number of nitrogens with one attached hydrogen (secondary N) is 1. The van der Waals surface area contributed by atoms with Crippen LogP contribution < -0.4 is 11.3 Å². The van der Waals surface area contributed by atoms with Gasteiger partial charge in [-0.05, 0) is 25.8 Å². The number of hydrazine groups is 1. The smallest absolute Gasteiger partial charge is 0.147 e. The van der Waals surface area contributed by atoms with Crippen molar-refractivity contribution in [1.29, 1.82) is 0 Å². The second-order valence-corrected chi connectivity index (χ2v) is 6.05. The van der Waals surface area contributed by atoms with Crippen LogP contribution in [0.4, 0.5) is 5.82 Å². The fraction of sp³-hybridized carbons (Fsp3) is 0.375. The van der Waals surface area contributed by atoms with Gasteiger partial charge in [0.2, 0.25) is 0 Å². The Morgan fingerprint density at radius 2 is 2.05 bits per heavy atom. The van der Waals surface area contributed by atoms with Gasteiger partial charge < -0.3 is 5.43 Å². The highest BCUT2D eigenvalue weighted by atomic mass is 32.2. The zero-order valence-corrected chi connectivity index (χ0v) is 13.6. The number of aromatic nitrogens is 2. The SMILES string of the molecule is CCCc1nc(NN)c(C)c(SCc2cccc(C)c2)n1. The molecule has 2 aromatic rings. The lowest BCUT2D eigenvalue weighted by atomic mass is 10.2. The second kappa shape index (κ2) is 7.43. The first-order valence-electron chi connectivity index (χ1n) is 7.16. The van der Waals surface area contributed by atoms with Crippen LogP contribution in [0.5, 0.6) is 0 Å². The first kappa shape index (κ1) is 15.8. The molecule has 4 nitrogen and oxygen atoms in total. The summed E-state index contributed by atoms with van der Waals surface area (Å²) in [4.78, 5) is 9.11. The van der Waals surface area contributed by atoms with Crippen molar-refractivity contribution in [2.45, 2.75) is 44.4 Å². The molecule has 0 radical (unpaired) electrons. The van der Waals surface area contributed by atoms with Gasteiger partial charge in [0.05, 0.1) is 0 Å². The molecular weight excluding hydrogens is 280 g/mol. The van der Waals surface area contributed by atoms with E-state index in [4.69, 9.17) is 5.84 Å². The van der Waals surface area contributed by atoms with E-state index in [1.807, 2.05) is 6.92 Å². The second-order valence-electron chi connectivity index (χ2n) is 5.09. The summed E-state index contributed by atoms with van der Waals surface area (Å²) in [6, 6.07) is 8.55. The van der Waals surface area contributed by atoms with Crippen LogP contribution in [-0.4, -0.2) is 9.97 Å². The molecule has 21 heavy (non-hydrogen) atoms. The van der Waals surface area contributed by atoms with Gasteiger partial charge in [-0.2, -0.15) is 0 Å². The molecular formula is C16H22N4S. The van der Waals surface area contributed by atoms with E-state index in [2.05, 4.69) is 53.5 Å². The molecule has 0 atom stereocenters. The van der Waals surface area contributed by atoms with Gasteiger partial charge >= 0.3 is 0 Å². The van der Waals surface area contributed by atoms with Crippen molar-refractivity contribution in [2.75, 3.05) is 5.43 Å². The molecule has 0 amide bonds. The summed E-state index contributed by atoms with van der Waals surface area (Å²) in [5.41, 5.74) is 6.27. The van der Waals surface area contributed by atoms with Crippen LogP contribution >= 0.6 is 11.8 Å². The summed E-state index contributed by atoms with van der Waals surface area (Å²) in [6.07, 6.45) is 1.89. The summed E-state index contributed by atoms with van der Waals surface area (Å²) >= 11 is 1.73. The van der Waals surface area contributed by atoms with Gasteiger partial charge in [-0.15, -0.1) is 11.8 Å². The Kier molecular flexibility index (Phi) is 5.59. The van der Waals surface area contributed by atoms with Crippen molar-refractivity contribution in [3.63, 3.8) is 0 Å². The Balaban J connectivity index is 2.20. The number of thioether (sulfide) groups is 1. The van der Waals surface area contributed by atoms with Crippen molar-refractivity contribution in [1.82, 2.24) is 9.97 Å². The normalized spacial score (nSPS) is 10.7. The average molecular weight is 302 g/mol. The number of aryl methyl sites for hydroxylation is 2. The van der Waals surface area contributed by atoms with Crippen LogP contribution in [0.1, 0.15) is 35.9 Å². The minimum atomic E-state index is 0.722. The molecule has 0 spiro atoms. The molecule has 1 aromatic heterocycles. The van der Waals surface area contributed by atoms with Crippen molar-refractivity contribution in [3.8, 4) is 0 Å². The molecule has 0 aliphatic rings. The van der Waals surface area contributed by atoms with E-state index in [0.29, 0.717) is 0 Å². The zero-order valence-electron chi connectivity index (χ0n) is 12.8. The molecule has 112 valence electrons. The molecule has 2 rings (SSSR count). The predicted molar refractivity (Wildman–Crippen MR) is 89.3 cm³/mol. The van der Waals surface area contributed by atoms with E-state index in [1.165, 1.54) is 11.1 Å². The van der Waals surface area contributed by atoms with Gasteiger partial charge in [-0.25, -0.2) is 15.8 Å². The van der Waals surface area contributed by atoms with Crippen LogP contribution in [0.15, 0.2) is 29.3 Å². The van der Waals surface area contributed by atoms with E-state index < -0.39 is 0 Å². The number of rotatable bonds is 6. The molecule has 1 aromatic carbocycles. The van der Waals surface area contributed by atoms with E-state index in [1.54, 1.807) is 11.8 Å². The van der Waals surface area contributed by atoms with Gasteiger partial charge in [-0.3, -0.25) is 0 Å². The third kappa shape index (κ3) is 4.19. The molecule has 0 aliphatic carbocycles. The lowest BCUT2D eigenvalue weighted by molar-refractivity contribution is 0.802. The third-order valence-electron chi connectivity index (χ3n) is 3.22. The summed E-state index contributed by atoms with van der Waals surface area (Å²) < 4.78 is 0. The van der Waals surface area contributed by atoms with Crippen molar-refractivity contribution in [3.05, 3.63) is 46.8 Å². The van der Waals surface area contributed by atoms with E-state index in [9.17, 15) is 0 Å². The van der Waals surface area contributed by atoms with Crippen LogP contribution in [0.3, 0.4) is 0 Å². The van der Waals surface area contributed by atoms with Crippen molar-refractivity contribution >= 4 is 17.6 Å². The number of nitrogen functional groups attached to an aromatic ring is 1. The van der Waals surface area contributed by atoms with Crippen molar-refractivity contribution in [2.24, 2.45) is 5.84 Å². The minimum absolute atomic E-state index is 0.722.